The lowest BCUT2D eigenvalue weighted by atomic mass is 10.2. The van der Waals surface area contributed by atoms with Crippen LogP contribution in [0.15, 0.2) is 30.3 Å². The molecule has 0 heterocycles. The zero-order chi connectivity index (χ0) is 9.52. The molecule has 0 bridgehead atoms. The van der Waals surface area contributed by atoms with Crippen molar-refractivity contribution in [2.45, 2.75) is 13.8 Å². The summed E-state index contributed by atoms with van der Waals surface area (Å²) in [5.41, 5.74) is 0. The van der Waals surface area contributed by atoms with Crippen LogP contribution in [0.3, 0.4) is 0 Å². The van der Waals surface area contributed by atoms with E-state index < -0.39 is 0 Å². The van der Waals surface area contributed by atoms with Gasteiger partial charge < -0.3 is 9.31 Å². The summed E-state index contributed by atoms with van der Waals surface area (Å²) in [6.45, 7) is 4.87. The number of para-hydroxylation sites is 1. The van der Waals surface area contributed by atoms with Crippen molar-refractivity contribution in [2.24, 2.45) is 5.92 Å². The van der Waals surface area contributed by atoms with Gasteiger partial charge in [0.2, 0.25) is 0 Å². The lowest BCUT2D eigenvalue weighted by Crippen LogP contribution is -2.11. The third-order valence-electron chi connectivity index (χ3n) is 1.43. The van der Waals surface area contributed by atoms with E-state index in [4.69, 9.17) is 9.31 Å². The van der Waals surface area contributed by atoms with Crippen LogP contribution in [0.25, 0.3) is 0 Å². The van der Waals surface area contributed by atoms with E-state index in [1.54, 1.807) is 0 Å². The molecule has 13 heavy (non-hydrogen) atoms. The Morgan fingerprint density at radius 2 is 1.92 bits per heavy atom. The van der Waals surface area contributed by atoms with Crippen LogP contribution in [0, 0.1) is 5.92 Å². The maximum absolute atomic E-state index is 5.21. The summed E-state index contributed by atoms with van der Waals surface area (Å²) in [6.07, 6.45) is 0. The van der Waals surface area contributed by atoms with Gasteiger partial charge in [-0.3, -0.25) is 0 Å². The highest BCUT2D eigenvalue weighted by Gasteiger charge is 1.99. The maximum Gasteiger partial charge on any atom is 0.572 e. The Kier molecular flexibility index (Phi) is 4.40. The van der Waals surface area contributed by atoms with Crippen LogP contribution < -0.4 is 4.65 Å². The first-order valence-corrected chi connectivity index (χ1v) is 4.44. The molecule has 0 aliphatic rings. The fraction of sp³-hybridized carbons (Fsp3) is 0.400. The minimum atomic E-state index is 0.524. The van der Waals surface area contributed by atoms with Crippen molar-refractivity contribution in [3.05, 3.63) is 30.3 Å². The monoisotopic (exact) mass is 177 g/mol. The van der Waals surface area contributed by atoms with Crippen molar-refractivity contribution in [1.82, 2.24) is 0 Å². The molecule has 69 valence electrons. The molecule has 1 aromatic carbocycles. The van der Waals surface area contributed by atoms with Crippen LogP contribution in [0.2, 0.25) is 0 Å². The molecular formula is C10H14BO2. The van der Waals surface area contributed by atoms with Crippen molar-refractivity contribution in [3.63, 3.8) is 0 Å². The molecule has 0 aliphatic carbocycles. The van der Waals surface area contributed by atoms with Gasteiger partial charge in [0.05, 0.1) is 5.75 Å². The average molecular weight is 177 g/mol. The van der Waals surface area contributed by atoms with E-state index in [0.29, 0.717) is 12.5 Å². The fourth-order valence-corrected chi connectivity index (χ4v) is 0.820. The Balaban J connectivity index is 2.13. The molecule has 0 aliphatic heterocycles. The summed E-state index contributed by atoms with van der Waals surface area (Å²) in [5.74, 6) is 1.32. The Morgan fingerprint density at radius 1 is 1.23 bits per heavy atom. The highest BCUT2D eigenvalue weighted by atomic mass is 16.6. The van der Waals surface area contributed by atoms with Gasteiger partial charge in [0.1, 0.15) is 0 Å². The van der Waals surface area contributed by atoms with Gasteiger partial charge in [-0.25, -0.2) is 0 Å². The quantitative estimate of drug-likeness (QED) is 0.507. The van der Waals surface area contributed by atoms with E-state index in [2.05, 4.69) is 13.8 Å². The lowest BCUT2D eigenvalue weighted by Gasteiger charge is -2.06. The minimum Gasteiger partial charge on any atom is -0.537 e. The standard InChI is InChI=1S/C10H14BO2/c1-9(2)8-12-11-13-10-6-4-3-5-7-10/h3-7,9H,8H2,1-2H3. The fourth-order valence-electron chi connectivity index (χ4n) is 0.820. The molecule has 0 spiro atoms. The second-order valence-electron chi connectivity index (χ2n) is 3.25. The molecule has 0 fully saturated rings. The third kappa shape index (κ3) is 4.58. The van der Waals surface area contributed by atoms with E-state index in [1.165, 1.54) is 7.69 Å². The molecule has 2 nitrogen and oxygen atoms in total. The van der Waals surface area contributed by atoms with Crippen molar-refractivity contribution in [3.8, 4) is 5.75 Å². The van der Waals surface area contributed by atoms with E-state index >= 15 is 0 Å². The maximum atomic E-state index is 5.21. The third-order valence-corrected chi connectivity index (χ3v) is 1.43. The van der Waals surface area contributed by atoms with E-state index in [0.717, 1.165) is 5.75 Å². The molecule has 1 rings (SSSR count). The van der Waals surface area contributed by atoms with Gasteiger partial charge in [0, 0.05) is 6.61 Å². The normalized spacial score (nSPS) is 10.1. The molecule has 0 unspecified atom stereocenters. The summed E-state index contributed by atoms with van der Waals surface area (Å²) < 4.78 is 10.4. The summed E-state index contributed by atoms with van der Waals surface area (Å²) in [4.78, 5) is 0. The van der Waals surface area contributed by atoms with Crippen molar-refractivity contribution in [1.29, 1.82) is 0 Å². The number of benzene rings is 1. The second-order valence-corrected chi connectivity index (χ2v) is 3.25. The predicted molar refractivity (Wildman–Crippen MR) is 53.6 cm³/mol. The highest BCUT2D eigenvalue weighted by molar-refractivity contribution is 6.19. The summed E-state index contributed by atoms with van der Waals surface area (Å²) in [6, 6.07) is 9.56. The Hall–Kier alpha value is -0.955. The molecule has 3 heteroatoms. The van der Waals surface area contributed by atoms with Crippen LogP contribution in [-0.4, -0.2) is 14.3 Å². The van der Waals surface area contributed by atoms with E-state index in [9.17, 15) is 0 Å². The zero-order valence-electron chi connectivity index (χ0n) is 8.07. The second kappa shape index (κ2) is 5.65. The molecule has 0 saturated heterocycles. The number of rotatable bonds is 5. The SMILES string of the molecule is CC(C)CO[B]Oc1ccccc1. The molecule has 0 N–H and O–H groups in total. The first-order chi connectivity index (χ1) is 6.29. The average Bonchev–Trinajstić information content (AvgIpc) is 2.14. The molecule has 0 aromatic heterocycles. The van der Waals surface area contributed by atoms with Crippen LogP contribution in [-0.2, 0) is 4.65 Å². The van der Waals surface area contributed by atoms with E-state index in [-0.39, 0.29) is 0 Å². The Morgan fingerprint density at radius 3 is 2.54 bits per heavy atom. The van der Waals surface area contributed by atoms with Gasteiger partial charge in [-0.15, -0.1) is 0 Å². The van der Waals surface area contributed by atoms with Gasteiger partial charge in [-0.05, 0) is 18.1 Å². The van der Waals surface area contributed by atoms with Crippen molar-refractivity contribution >= 4 is 7.69 Å². The van der Waals surface area contributed by atoms with Gasteiger partial charge >= 0.3 is 7.69 Å². The van der Waals surface area contributed by atoms with E-state index in [1.807, 2.05) is 30.3 Å². The highest BCUT2D eigenvalue weighted by Crippen LogP contribution is 2.07. The molecular weight excluding hydrogens is 163 g/mol. The first-order valence-electron chi connectivity index (χ1n) is 4.44. The molecule has 0 atom stereocenters. The van der Waals surface area contributed by atoms with Gasteiger partial charge in [0.25, 0.3) is 0 Å². The number of hydrogen-bond donors (Lipinski definition) is 0. The van der Waals surface area contributed by atoms with Crippen LogP contribution >= 0.6 is 0 Å². The smallest absolute Gasteiger partial charge is 0.537 e. The van der Waals surface area contributed by atoms with Gasteiger partial charge in [-0.2, -0.15) is 0 Å². The zero-order valence-corrected chi connectivity index (χ0v) is 8.07. The van der Waals surface area contributed by atoms with Crippen LogP contribution in [0.5, 0.6) is 5.75 Å². The summed E-state index contributed by atoms with van der Waals surface area (Å²) >= 11 is 0. The molecule has 1 radical (unpaired) electrons. The molecule has 0 amide bonds. The van der Waals surface area contributed by atoms with Crippen LogP contribution in [0.1, 0.15) is 13.8 Å². The minimum absolute atomic E-state index is 0.524. The molecule has 0 saturated carbocycles. The van der Waals surface area contributed by atoms with Gasteiger partial charge in [0.15, 0.2) is 0 Å². The Bertz CT molecular complexity index is 224. The topological polar surface area (TPSA) is 18.5 Å². The lowest BCUT2D eigenvalue weighted by molar-refractivity contribution is 0.250. The Labute approximate surface area is 80.2 Å². The van der Waals surface area contributed by atoms with Crippen LogP contribution in [0.4, 0.5) is 0 Å². The predicted octanol–water partition coefficient (Wildman–Crippen LogP) is 2.27. The first kappa shape index (κ1) is 10.1. The largest absolute Gasteiger partial charge is 0.572 e. The van der Waals surface area contributed by atoms with Gasteiger partial charge in [-0.1, -0.05) is 32.0 Å². The molecule has 1 aromatic rings. The summed E-state index contributed by atoms with van der Waals surface area (Å²) in [5, 5.41) is 0. The summed E-state index contributed by atoms with van der Waals surface area (Å²) in [7, 11) is 1.38. The van der Waals surface area contributed by atoms with Crippen molar-refractivity contribution < 1.29 is 9.31 Å². The number of hydrogen-bond acceptors (Lipinski definition) is 2. The van der Waals surface area contributed by atoms with Crippen molar-refractivity contribution in [2.75, 3.05) is 6.61 Å².